The van der Waals surface area contributed by atoms with Gasteiger partial charge in [0.05, 0.1) is 19.4 Å². The Kier molecular flexibility index (Phi) is 15.2. The average molecular weight is 417 g/mol. The second kappa shape index (κ2) is 17.6. The number of unbranched alkanes of at least 4 members (excludes halogenated alkanes) is 13. The Morgan fingerprint density at radius 3 is 1.93 bits per heavy atom. The van der Waals surface area contributed by atoms with Gasteiger partial charge in [-0.3, -0.25) is 0 Å². The molecule has 5 nitrogen and oxygen atoms in total. The topological polar surface area (TPSA) is 62.6 Å². The van der Waals surface area contributed by atoms with E-state index >= 15 is 0 Å². The van der Waals surface area contributed by atoms with E-state index in [1.807, 2.05) is 6.19 Å². The summed E-state index contributed by atoms with van der Waals surface area (Å²) in [6.07, 6.45) is 19.2. The molecule has 1 amide bonds. The lowest BCUT2D eigenvalue weighted by Gasteiger charge is -2.14. The molecule has 0 unspecified atom stereocenters. The van der Waals surface area contributed by atoms with Gasteiger partial charge >= 0.3 is 6.09 Å². The molecular formula is C25H40N2O3. The highest BCUT2D eigenvalue weighted by atomic mass is 16.6. The number of ether oxygens (including phenoxy) is 2. The molecular weight excluding hydrogens is 376 g/mol. The van der Waals surface area contributed by atoms with Crippen LogP contribution < -0.4 is 9.64 Å². The molecule has 0 atom stereocenters. The van der Waals surface area contributed by atoms with E-state index < -0.39 is 6.09 Å². The van der Waals surface area contributed by atoms with Crippen LogP contribution in [0.2, 0.25) is 0 Å². The number of anilines is 1. The Morgan fingerprint density at radius 1 is 0.900 bits per heavy atom. The fourth-order valence-electron chi connectivity index (χ4n) is 3.47. The quantitative estimate of drug-likeness (QED) is 0.149. The zero-order valence-corrected chi connectivity index (χ0v) is 19.0. The Balaban J connectivity index is 2.00. The predicted molar refractivity (Wildman–Crippen MR) is 123 cm³/mol. The molecule has 0 radical (unpaired) electrons. The van der Waals surface area contributed by atoms with E-state index in [-0.39, 0.29) is 0 Å². The van der Waals surface area contributed by atoms with Crippen LogP contribution in [0.3, 0.4) is 0 Å². The number of benzene rings is 1. The average Bonchev–Trinajstić information content (AvgIpc) is 2.77. The van der Waals surface area contributed by atoms with Crippen molar-refractivity contribution in [3.05, 3.63) is 24.3 Å². The summed E-state index contributed by atoms with van der Waals surface area (Å²) in [4.78, 5) is 13.1. The zero-order valence-electron chi connectivity index (χ0n) is 19.0. The summed E-state index contributed by atoms with van der Waals surface area (Å²) in [5.74, 6) is 0.590. The highest BCUT2D eigenvalue weighted by Crippen LogP contribution is 2.21. The van der Waals surface area contributed by atoms with Gasteiger partial charge in [-0.1, -0.05) is 96.5 Å². The number of rotatable bonds is 17. The predicted octanol–water partition coefficient (Wildman–Crippen LogP) is 7.60. The minimum atomic E-state index is -0.638. The summed E-state index contributed by atoms with van der Waals surface area (Å²) in [7, 11) is 1.55. The molecule has 0 bridgehead atoms. The molecule has 0 fully saturated rings. The number of hydrogen-bond donors (Lipinski definition) is 0. The van der Waals surface area contributed by atoms with Crippen molar-refractivity contribution in [1.29, 1.82) is 5.26 Å². The Morgan fingerprint density at radius 2 is 1.43 bits per heavy atom. The second-order valence-electron chi connectivity index (χ2n) is 7.85. The van der Waals surface area contributed by atoms with Gasteiger partial charge in [0.25, 0.3) is 0 Å². The fraction of sp³-hybridized carbons (Fsp3) is 0.680. The van der Waals surface area contributed by atoms with E-state index in [0.29, 0.717) is 18.0 Å². The maximum absolute atomic E-state index is 12.1. The lowest BCUT2D eigenvalue weighted by molar-refractivity contribution is 0.154. The SMILES string of the molecule is CCCCCCCCCCCCCCCCOC(=O)N(C#N)c1cccc(OC)c1. The van der Waals surface area contributed by atoms with E-state index in [0.717, 1.165) is 17.7 Å². The van der Waals surface area contributed by atoms with Crippen LogP contribution in [0.15, 0.2) is 24.3 Å². The summed E-state index contributed by atoms with van der Waals surface area (Å²) in [5, 5.41) is 9.27. The summed E-state index contributed by atoms with van der Waals surface area (Å²) < 4.78 is 10.4. The number of carbonyl (C=O) groups excluding carboxylic acids is 1. The third-order valence-corrected chi connectivity index (χ3v) is 5.32. The highest BCUT2D eigenvalue weighted by molar-refractivity contribution is 5.90. The van der Waals surface area contributed by atoms with E-state index in [4.69, 9.17) is 9.47 Å². The first-order valence-corrected chi connectivity index (χ1v) is 11.7. The molecule has 1 aromatic carbocycles. The molecule has 0 N–H and O–H groups in total. The summed E-state index contributed by atoms with van der Waals surface area (Å²) in [6, 6.07) is 6.81. The van der Waals surface area contributed by atoms with E-state index in [9.17, 15) is 10.1 Å². The van der Waals surface area contributed by atoms with Crippen molar-refractivity contribution < 1.29 is 14.3 Å². The second-order valence-corrected chi connectivity index (χ2v) is 7.85. The van der Waals surface area contributed by atoms with Gasteiger partial charge in [0.15, 0.2) is 6.19 Å². The number of methoxy groups -OCH3 is 1. The van der Waals surface area contributed by atoms with Crippen LogP contribution in [0.4, 0.5) is 10.5 Å². The largest absolute Gasteiger partial charge is 0.497 e. The molecule has 0 saturated carbocycles. The first kappa shape index (κ1) is 25.8. The van der Waals surface area contributed by atoms with E-state index in [2.05, 4.69) is 6.92 Å². The molecule has 0 heterocycles. The molecule has 1 rings (SSSR count). The molecule has 5 heteroatoms. The standard InChI is InChI=1S/C25H40N2O3/c1-3-4-5-6-7-8-9-10-11-12-13-14-15-16-20-30-25(28)27(22-26)23-18-17-19-24(21-23)29-2/h17-19,21H,3-16,20H2,1-2H3. The van der Waals surface area contributed by atoms with Crippen LogP contribution in [0.1, 0.15) is 96.8 Å². The Labute approximate surface area is 183 Å². The smallest absolute Gasteiger partial charge is 0.427 e. The van der Waals surface area contributed by atoms with E-state index in [1.54, 1.807) is 31.4 Å². The fourth-order valence-corrected chi connectivity index (χ4v) is 3.47. The molecule has 0 aliphatic rings. The normalized spacial score (nSPS) is 10.4. The molecule has 0 aromatic heterocycles. The van der Waals surface area contributed by atoms with Gasteiger partial charge in [0.2, 0.25) is 0 Å². The first-order valence-electron chi connectivity index (χ1n) is 11.7. The summed E-state index contributed by atoms with van der Waals surface area (Å²) in [5.41, 5.74) is 0.447. The van der Waals surface area contributed by atoms with Crippen LogP contribution in [0.5, 0.6) is 5.75 Å². The number of hydrogen-bond acceptors (Lipinski definition) is 4. The number of carbonyl (C=O) groups is 1. The number of nitriles is 1. The third-order valence-electron chi connectivity index (χ3n) is 5.32. The maximum atomic E-state index is 12.1. The maximum Gasteiger partial charge on any atom is 0.427 e. The van der Waals surface area contributed by atoms with Gasteiger partial charge in [-0.05, 0) is 18.6 Å². The Bertz CT molecular complexity index is 613. The monoisotopic (exact) mass is 416 g/mol. The van der Waals surface area contributed by atoms with Crippen molar-refractivity contribution in [2.75, 3.05) is 18.6 Å². The van der Waals surface area contributed by atoms with Crippen LogP contribution in [0, 0.1) is 11.5 Å². The van der Waals surface area contributed by atoms with Gasteiger partial charge in [-0.2, -0.15) is 10.2 Å². The first-order chi connectivity index (χ1) is 14.7. The van der Waals surface area contributed by atoms with Crippen molar-refractivity contribution in [3.63, 3.8) is 0 Å². The number of amides is 1. The summed E-state index contributed by atoms with van der Waals surface area (Å²) in [6.45, 7) is 2.61. The van der Waals surface area contributed by atoms with Crippen molar-refractivity contribution in [2.24, 2.45) is 0 Å². The molecule has 30 heavy (non-hydrogen) atoms. The molecule has 0 saturated heterocycles. The van der Waals surface area contributed by atoms with Crippen molar-refractivity contribution in [2.45, 2.75) is 96.8 Å². The van der Waals surface area contributed by atoms with Crippen LogP contribution in [0.25, 0.3) is 0 Å². The van der Waals surface area contributed by atoms with Gasteiger partial charge in [0, 0.05) is 6.07 Å². The van der Waals surface area contributed by atoms with Crippen LogP contribution >= 0.6 is 0 Å². The van der Waals surface area contributed by atoms with Crippen molar-refractivity contribution in [1.82, 2.24) is 0 Å². The third kappa shape index (κ3) is 11.7. The van der Waals surface area contributed by atoms with Gasteiger partial charge < -0.3 is 9.47 Å². The van der Waals surface area contributed by atoms with E-state index in [1.165, 1.54) is 77.0 Å². The zero-order chi connectivity index (χ0) is 21.9. The van der Waals surface area contributed by atoms with Crippen molar-refractivity contribution >= 4 is 11.8 Å². The molecule has 0 spiro atoms. The lowest BCUT2D eigenvalue weighted by Crippen LogP contribution is -2.26. The minimum absolute atomic E-state index is 0.346. The lowest BCUT2D eigenvalue weighted by atomic mass is 10.0. The number of nitrogens with zero attached hydrogens (tertiary/aromatic N) is 2. The summed E-state index contributed by atoms with van der Waals surface area (Å²) >= 11 is 0. The molecule has 0 aliphatic heterocycles. The molecule has 1 aromatic rings. The molecule has 0 aliphatic carbocycles. The Hall–Kier alpha value is -2.22. The van der Waals surface area contributed by atoms with Crippen LogP contribution in [-0.2, 0) is 4.74 Å². The van der Waals surface area contributed by atoms with Gasteiger partial charge in [-0.15, -0.1) is 0 Å². The van der Waals surface area contributed by atoms with Gasteiger partial charge in [0.1, 0.15) is 5.75 Å². The van der Waals surface area contributed by atoms with Crippen LogP contribution in [-0.4, -0.2) is 19.8 Å². The minimum Gasteiger partial charge on any atom is -0.497 e. The molecule has 168 valence electrons. The van der Waals surface area contributed by atoms with Gasteiger partial charge in [-0.25, -0.2) is 4.79 Å². The van der Waals surface area contributed by atoms with Crippen molar-refractivity contribution in [3.8, 4) is 11.9 Å². The highest BCUT2D eigenvalue weighted by Gasteiger charge is 2.17.